The molecule has 210 valence electrons. The van der Waals surface area contributed by atoms with Crippen molar-refractivity contribution in [2.75, 3.05) is 0 Å². The van der Waals surface area contributed by atoms with Crippen LogP contribution < -0.4 is 0 Å². The predicted molar refractivity (Wildman–Crippen MR) is 177 cm³/mol. The van der Waals surface area contributed by atoms with Crippen molar-refractivity contribution in [1.82, 2.24) is 19.9 Å². The molecule has 3 aromatic heterocycles. The molecule has 0 aliphatic heterocycles. The van der Waals surface area contributed by atoms with Crippen LogP contribution in [-0.4, -0.2) is 19.9 Å². The van der Waals surface area contributed by atoms with Gasteiger partial charge in [0, 0.05) is 33.7 Å². The van der Waals surface area contributed by atoms with Gasteiger partial charge in [-0.25, -0.2) is 19.9 Å². The second-order valence-electron chi connectivity index (χ2n) is 10.7. The first-order valence-electron chi connectivity index (χ1n) is 14.5. The molecule has 6 nitrogen and oxygen atoms in total. The fraction of sp³-hybridized carbons (Fsp3) is 0. The quantitative estimate of drug-likeness (QED) is 0.202. The molecule has 3 heterocycles. The molecule has 0 saturated carbocycles. The van der Waals surface area contributed by atoms with Crippen molar-refractivity contribution in [1.29, 1.82) is 5.26 Å². The fourth-order valence-corrected chi connectivity index (χ4v) is 5.68. The van der Waals surface area contributed by atoms with Gasteiger partial charge in [0.15, 0.2) is 17.5 Å². The van der Waals surface area contributed by atoms with E-state index in [1.54, 1.807) is 12.3 Å². The number of fused-ring (bicyclic) bond motifs is 3. The summed E-state index contributed by atoms with van der Waals surface area (Å²) in [6.45, 7) is 0. The highest BCUT2D eigenvalue weighted by atomic mass is 16.3. The van der Waals surface area contributed by atoms with Gasteiger partial charge in [0.2, 0.25) is 0 Å². The van der Waals surface area contributed by atoms with Crippen molar-refractivity contribution in [2.24, 2.45) is 0 Å². The number of rotatable bonds is 5. The Balaban J connectivity index is 1.28. The zero-order valence-corrected chi connectivity index (χ0v) is 23.9. The summed E-state index contributed by atoms with van der Waals surface area (Å²) in [4.78, 5) is 18.9. The van der Waals surface area contributed by atoms with Gasteiger partial charge in [-0.3, -0.25) is 0 Å². The van der Waals surface area contributed by atoms with E-state index in [1.165, 1.54) is 0 Å². The van der Waals surface area contributed by atoms with Gasteiger partial charge < -0.3 is 4.42 Å². The normalized spacial score (nSPS) is 11.1. The van der Waals surface area contributed by atoms with Crippen LogP contribution in [0.4, 0.5) is 0 Å². The molecular formula is C39H23N5O. The van der Waals surface area contributed by atoms with Crippen LogP contribution >= 0.6 is 0 Å². The average molecular weight is 578 g/mol. The van der Waals surface area contributed by atoms with Gasteiger partial charge in [0.25, 0.3) is 0 Å². The minimum Gasteiger partial charge on any atom is -0.456 e. The summed E-state index contributed by atoms with van der Waals surface area (Å²) in [6.07, 6.45) is 1.64. The number of benzene rings is 5. The molecule has 0 unspecified atom stereocenters. The molecule has 0 N–H and O–H groups in total. The Morgan fingerprint density at radius 1 is 0.489 bits per heavy atom. The Morgan fingerprint density at radius 3 is 1.87 bits per heavy atom. The van der Waals surface area contributed by atoms with Crippen molar-refractivity contribution >= 4 is 21.9 Å². The van der Waals surface area contributed by atoms with Crippen molar-refractivity contribution < 1.29 is 4.42 Å². The number of pyridine rings is 1. The van der Waals surface area contributed by atoms with Gasteiger partial charge in [-0.1, -0.05) is 97.1 Å². The lowest BCUT2D eigenvalue weighted by Crippen LogP contribution is -2.00. The summed E-state index contributed by atoms with van der Waals surface area (Å²) >= 11 is 0. The van der Waals surface area contributed by atoms with E-state index in [0.717, 1.165) is 60.9 Å². The molecule has 8 rings (SSSR count). The maximum atomic E-state index is 9.35. The molecule has 0 spiro atoms. The van der Waals surface area contributed by atoms with E-state index in [4.69, 9.17) is 19.4 Å². The zero-order valence-electron chi connectivity index (χ0n) is 23.9. The number of hydrogen-bond donors (Lipinski definition) is 0. The third-order valence-electron chi connectivity index (χ3n) is 7.84. The maximum absolute atomic E-state index is 9.35. The number of nitrogens with zero attached hydrogens (tertiary/aromatic N) is 5. The minimum absolute atomic E-state index is 0.364. The molecular weight excluding hydrogens is 554 g/mol. The molecule has 0 amide bonds. The largest absolute Gasteiger partial charge is 0.456 e. The van der Waals surface area contributed by atoms with Crippen molar-refractivity contribution in [2.45, 2.75) is 0 Å². The minimum atomic E-state index is 0.364. The zero-order chi connectivity index (χ0) is 30.2. The molecule has 0 aliphatic carbocycles. The number of aromatic nitrogens is 4. The molecule has 6 heteroatoms. The van der Waals surface area contributed by atoms with Crippen LogP contribution in [0.25, 0.3) is 78.4 Å². The third kappa shape index (κ3) is 4.89. The highest BCUT2D eigenvalue weighted by Gasteiger charge is 2.17. The average Bonchev–Trinajstić information content (AvgIpc) is 3.50. The van der Waals surface area contributed by atoms with Crippen LogP contribution in [0.5, 0.6) is 0 Å². The summed E-state index contributed by atoms with van der Waals surface area (Å²) in [5.41, 5.74) is 8.62. The summed E-state index contributed by atoms with van der Waals surface area (Å²) in [7, 11) is 0. The van der Waals surface area contributed by atoms with Crippen molar-refractivity contribution in [3.63, 3.8) is 0 Å². The summed E-state index contributed by atoms with van der Waals surface area (Å²) in [5, 5.41) is 11.5. The monoisotopic (exact) mass is 577 g/mol. The number of nitriles is 1. The molecule has 8 aromatic rings. The lowest BCUT2D eigenvalue weighted by molar-refractivity contribution is 0.669. The maximum Gasteiger partial charge on any atom is 0.164 e. The van der Waals surface area contributed by atoms with E-state index in [0.29, 0.717) is 23.2 Å². The number of furan rings is 1. The Labute approximate surface area is 259 Å². The highest BCUT2D eigenvalue weighted by molar-refractivity contribution is 6.12. The second kappa shape index (κ2) is 11.0. The van der Waals surface area contributed by atoms with Crippen LogP contribution in [0.15, 0.2) is 144 Å². The van der Waals surface area contributed by atoms with Crippen LogP contribution in [-0.2, 0) is 0 Å². The van der Waals surface area contributed by atoms with Gasteiger partial charge in [0.05, 0.1) is 0 Å². The smallest absolute Gasteiger partial charge is 0.164 e. The third-order valence-corrected chi connectivity index (χ3v) is 7.84. The standard InChI is InChI=1S/C39H23N5O/c40-24-31-22-28(19-20-41-31)27-13-7-14-29(21-27)38-42-37(26-11-5-2-6-12-26)43-39(44-38)30-17-18-33-35(23-30)45-34-16-8-15-32(36(33)34)25-9-3-1-4-10-25/h1-23H. The van der Waals surface area contributed by atoms with Gasteiger partial charge in [0.1, 0.15) is 22.9 Å². The predicted octanol–water partition coefficient (Wildman–Crippen LogP) is 9.37. The lowest BCUT2D eigenvalue weighted by atomic mass is 9.99. The lowest BCUT2D eigenvalue weighted by Gasteiger charge is -2.10. The van der Waals surface area contributed by atoms with Gasteiger partial charge >= 0.3 is 0 Å². The van der Waals surface area contributed by atoms with E-state index in [9.17, 15) is 5.26 Å². The van der Waals surface area contributed by atoms with E-state index < -0.39 is 0 Å². The van der Waals surface area contributed by atoms with Crippen LogP contribution in [0.1, 0.15) is 5.69 Å². The Bertz CT molecular complexity index is 2390. The number of hydrogen-bond acceptors (Lipinski definition) is 6. The first-order chi connectivity index (χ1) is 22.2. The Kier molecular flexibility index (Phi) is 6.40. The Morgan fingerprint density at radius 2 is 1.11 bits per heavy atom. The van der Waals surface area contributed by atoms with Crippen molar-refractivity contribution in [3.8, 4) is 62.5 Å². The summed E-state index contributed by atoms with van der Waals surface area (Å²) in [6, 6.07) is 46.3. The van der Waals surface area contributed by atoms with E-state index >= 15 is 0 Å². The van der Waals surface area contributed by atoms with E-state index in [-0.39, 0.29) is 0 Å². The topological polar surface area (TPSA) is 88.5 Å². The SMILES string of the molecule is N#Cc1cc(-c2cccc(-c3nc(-c4ccccc4)nc(-c4ccc5c(c4)oc4cccc(-c6ccccc6)c45)n3)c2)ccn1. The van der Waals surface area contributed by atoms with Crippen molar-refractivity contribution in [3.05, 3.63) is 145 Å². The van der Waals surface area contributed by atoms with Gasteiger partial charge in [-0.2, -0.15) is 5.26 Å². The van der Waals surface area contributed by atoms with E-state index in [1.807, 2.05) is 103 Å². The van der Waals surface area contributed by atoms with Crippen LogP contribution in [0.2, 0.25) is 0 Å². The summed E-state index contributed by atoms with van der Waals surface area (Å²) in [5.74, 6) is 1.67. The van der Waals surface area contributed by atoms with Gasteiger partial charge in [-0.15, -0.1) is 0 Å². The molecule has 5 aromatic carbocycles. The molecule has 45 heavy (non-hydrogen) atoms. The second-order valence-corrected chi connectivity index (χ2v) is 10.7. The first-order valence-corrected chi connectivity index (χ1v) is 14.5. The molecule has 0 radical (unpaired) electrons. The highest BCUT2D eigenvalue weighted by Crippen LogP contribution is 2.38. The van der Waals surface area contributed by atoms with Crippen LogP contribution in [0.3, 0.4) is 0 Å². The molecule has 0 bridgehead atoms. The first kappa shape index (κ1) is 26.2. The molecule has 0 fully saturated rings. The van der Waals surface area contributed by atoms with Crippen LogP contribution in [0, 0.1) is 11.3 Å². The summed E-state index contributed by atoms with van der Waals surface area (Å²) < 4.78 is 6.39. The van der Waals surface area contributed by atoms with E-state index in [2.05, 4.69) is 35.3 Å². The Hall–Kier alpha value is -6.45. The fourth-order valence-electron chi connectivity index (χ4n) is 5.68. The molecule has 0 aliphatic rings. The molecule has 0 saturated heterocycles. The molecule has 0 atom stereocenters. The van der Waals surface area contributed by atoms with Gasteiger partial charge in [-0.05, 0) is 58.7 Å².